The molecule has 1 amide bonds. The number of morpholine rings is 1. The van der Waals surface area contributed by atoms with E-state index in [1.807, 2.05) is 6.92 Å². The molecule has 104 valence electrons. The third-order valence-corrected chi connectivity index (χ3v) is 3.19. The van der Waals surface area contributed by atoms with Crippen molar-refractivity contribution >= 4 is 5.91 Å². The molecule has 0 bridgehead atoms. The monoisotopic (exact) mass is 267 g/mol. The minimum Gasteiger partial charge on any atom is -0.494 e. The highest BCUT2D eigenvalue weighted by atomic mass is 19.1. The van der Waals surface area contributed by atoms with Crippen molar-refractivity contribution in [3.8, 4) is 5.75 Å². The zero-order valence-electron chi connectivity index (χ0n) is 11.2. The van der Waals surface area contributed by atoms with Gasteiger partial charge in [0.05, 0.1) is 13.7 Å². The molecule has 1 saturated heterocycles. The summed E-state index contributed by atoms with van der Waals surface area (Å²) in [6, 6.07) is 4.65. The molecule has 5 heteroatoms. The van der Waals surface area contributed by atoms with Crippen LogP contribution in [-0.4, -0.2) is 37.6 Å². The largest absolute Gasteiger partial charge is 0.494 e. The number of methoxy groups -OCH3 is 1. The average molecular weight is 267 g/mol. The van der Waals surface area contributed by atoms with Gasteiger partial charge in [0.25, 0.3) is 0 Å². The highest BCUT2D eigenvalue weighted by Gasteiger charge is 2.27. The molecule has 0 saturated carbocycles. The third-order valence-electron chi connectivity index (χ3n) is 3.19. The number of carbonyl (C=O) groups is 1. The molecule has 0 aliphatic carbocycles. The van der Waals surface area contributed by atoms with Crippen molar-refractivity contribution in [1.29, 1.82) is 0 Å². The van der Waals surface area contributed by atoms with Crippen molar-refractivity contribution in [2.45, 2.75) is 19.4 Å². The highest BCUT2D eigenvalue weighted by Crippen LogP contribution is 2.27. The van der Waals surface area contributed by atoms with E-state index in [0.29, 0.717) is 6.54 Å². The summed E-state index contributed by atoms with van der Waals surface area (Å²) in [6.07, 6.45) is 0.685. The van der Waals surface area contributed by atoms with Crippen LogP contribution in [-0.2, 0) is 9.53 Å². The summed E-state index contributed by atoms with van der Waals surface area (Å²) < 4.78 is 23.9. The standard InChI is InChI=1S/C14H18FNO3/c1-3-6-16-8-13(19-9-14(16)17)10-4-5-11(15)12(7-10)18-2/h4-5,7,13H,3,6,8-9H2,1-2H3. The fraction of sp³-hybridized carbons (Fsp3) is 0.500. The van der Waals surface area contributed by atoms with Crippen LogP contribution in [0.15, 0.2) is 18.2 Å². The number of halogens is 1. The Hall–Kier alpha value is -1.62. The third kappa shape index (κ3) is 3.04. The summed E-state index contributed by atoms with van der Waals surface area (Å²) in [6.45, 7) is 3.32. The molecule has 1 aliphatic rings. The molecule has 2 rings (SSSR count). The number of rotatable bonds is 4. The molecule has 1 unspecified atom stereocenters. The lowest BCUT2D eigenvalue weighted by Crippen LogP contribution is -2.43. The zero-order chi connectivity index (χ0) is 13.8. The van der Waals surface area contributed by atoms with Crippen LogP contribution in [0.3, 0.4) is 0 Å². The molecule has 4 nitrogen and oxygen atoms in total. The van der Waals surface area contributed by atoms with Crippen molar-refractivity contribution in [3.05, 3.63) is 29.6 Å². The fourth-order valence-corrected chi connectivity index (χ4v) is 2.18. The fourth-order valence-electron chi connectivity index (χ4n) is 2.18. The van der Waals surface area contributed by atoms with Gasteiger partial charge in [-0.2, -0.15) is 0 Å². The number of nitrogens with zero attached hydrogens (tertiary/aromatic N) is 1. The molecule has 1 atom stereocenters. The first-order valence-electron chi connectivity index (χ1n) is 6.38. The van der Waals surface area contributed by atoms with Gasteiger partial charge in [0.15, 0.2) is 11.6 Å². The van der Waals surface area contributed by atoms with Crippen LogP contribution in [0, 0.1) is 5.82 Å². The Morgan fingerprint density at radius 3 is 3.00 bits per heavy atom. The molecule has 19 heavy (non-hydrogen) atoms. The predicted octanol–water partition coefficient (Wildman–Crippen LogP) is 2.14. The van der Waals surface area contributed by atoms with Crippen LogP contribution < -0.4 is 4.74 Å². The van der Waals surface area contributed by atoms with Gasteiger partial charge in [-0.15, -0.1) is 0 Å². The summed E-state index contributed by atoms with van der Waals surface area (Å²) in [5.74, 6) is -0.198. The van der Waals surface area contributed by atoms with Crippen molar-refractivity contribution in [2.75, 3.05) is 26.8 Å². The van der Waals surface area contributed by atoms with Gasteiger partial charge in [0.2, 0.25) is 5.91 Å². The van der Waals surface area contributed by atoms with Crippen LogP contribution in [0.25, 0.3) is 0 Å². The van der Waals surface area contributed by atoms with Crippen molar-refractivity contribution in [1.82, 2.24) is 4.90 Å². The molecule has 0 radical (unpaired) electrons. The molecule has 1 fully saturated rings. The van der Waals surface area contributed by atoms with Crippen LogP contribution in [0.4, 0.5) is 4.39 Å². The highest BCUT2D eigenvalue weighted by molar-refractivity contribution is 5.78. The van der Waals surface area contributed by atoms with Crippen molar-refractivity contribution in [3.63, 3.8) is 0 Å². The lowest BCUT2D eigenvalue weighted by Gasteiger charge is -2.32. The summed E-state index contributed by atoms with van der Waals surface area (Å²) in [4.78, 5) is 13.4. The Balaban J connectivity index is 2.15. The Labute approximate surface area is 112 Å². The van der Waals surface area contributed by atoms with E-state index >= 15 is 0 Å². The maximum absolute atomic E-state index is 13.4. The van der Waals surface area contributed by atoms with E-state index in [-0.39, 0.29) is 24.4 Å². The van der Waals surface area contributed by atoms with E-state index < -0.39 is 5.82 Å². The number of hydrogen-bond acceptors (Lipinski definition) is 3. The van der Waals surface area contributed by atoms with Gasteiger partial charge in [-0.05, 0) is 24.1 Å². The van der Waals surface area contributed by atoms with Gasteiger partial charge in [0, 0.05) is 6.54 Å². The lowest BCUT2D eigenvalue weighted by atomic mass is 10.1. The first-order chi connectivity index (χ1) is 9.15. The second-order valence-corrected chi connectivity index (χ2v) is 4.53. The van der Waals surface area contributed by atoms with E-state index in [1.165, 1.54) is 13.2 Å². The first kappa shape index (κ1) is 13.8. The Kier molecular flexibility index (Phi) is 4.37. The summed E-state index contributed by atoms with van der Waals surface area (Å²) in [7, 11) is 1.43. The molecule has 0 spiro atoms. The maximum Gasteiger partial charge on any atom is 0.248 e. The Morgan fingerprint density at radius 2 is 2.32 bits per heavy atom. The quantitative estimate of drug-likeness (QED) is 0.839. The van der Waals surface area contributed by atoms with Crippen molar-refractivity contribution < 1.29 is 18.7 Å². The van der Waals surface area contributed by atoms with Gasteiger partial charge in [-0.25, -0.2) is 4.39 Å². The average Bonchev–Trinajstić information content (AvgIpc) is 2.42. The molecular weight excluding hydrogens is 249 g/mol. The molecule has 0 N–H and O–H groups in total. The second-order valence-electron chi connectivity index (χ2n) is 4.53. The molecule has 1 aromatic carbocycles. The van der Waals surface area contributed by atoms with E-state index in [0.717, 1.165) is 18.5 Å². The molecule has 1 aliphatic heterocycles. The normalized spacial score (nSPS) is 19.6. The molecule has 0 aromatic heterocycles. The Bertz CT molecular complexity index is 464. The maximum atomic E-state index is 13.4. The smallest absolute Gasteiger partial charge is 0.248 e. The molecule has 1 heterocycles. The van der Waals surface area contributed by atoms with E-state index in [9.17, 15) is 9.18 Å². The van der Waals surface area contributed by atoms with Crippen molar-refractivity contribution in [2.24, 2.45) is 0 Å². The number of benzene rings is 1. The minimum absolute atomic E-state index is 0.00665. The van der Waals surface area contributed by atoms with Gasteiger partial charge in [-0.3, -0.25) is 4.79 Å². The second kappa shape index (κ2) is 6.02. The summed E-state index contributed by atoms with van der Waals surface area (Å²) in [5, 5.41) is 0. The summed E-state index contributed by atoms with van der Waals surface area (Å²) in [5.41, 5.74) is 0.826. The van der Waals surface area contributed by atoms with Crippen LogP contribution >= 0.6 is 0 Å². The Morgan fingerprint density at radius 1 is 1.53 bits per heavy atom. The SMILES string of the molecule is CCCN1CC(c2ccc(F)c(OC)c2)OCC1=O. The number of carbonyl (C=O) groups excluding carboxylic acids is 1. The van der Waals surface area contributed by atoms with E-state index in [4.69, 9.17) is 9.47 Å². The van der Waals surface area contributed by atoms with Gasteiger partial charge >= 0.3 is 0 Å². The molecular formula is C14H18FNO3. The summed E-state index contributed by atoms with van der Waals surface area (Å²) >= 11 is 0. The zero-order valence-corrected chi connectivity index (χ0v) is 11.2. The number of amides is 1. The topological polar surface area (TPSA) is 38.8 Å². The van der Waals surface area contributed by atoms with Crippen LogP contribution in [0.5, 0.6) is 5.75 Å². The van der Waals surface area contributed by atoms with Gasteiger partial charge < -0.3 is 14.4 Å². The van der Waals surface area contributed by atoms with Crippen LogP contribution in [0.2, 0.25) is 0 Å². The van der Waals surface area contributed by atoms with Crippen LogP contribution in [0.1, 0.15) is 25.0 Å². The van der Waals surface area contributed by atoms with Gasteiger partial charge in [-0.1, -0.05) is 13.0 Å². The number of hydrogen-bond donors (Lipinski definition) is 0. The van der Waals surface area contributed by atoms with E-state index in [1.54, 1.807) is 17.0 Å². The number of ether oxygens (including phenoxy) is 2. The minimum atomic E-state index is -0.399. The van der Waals surface area contributed by atoms with Gasteiger partial charge in [0.1, 0.15) is 12.7 Å². The first-order valence-corrected chi connectivity index (χ1v) is 6.38. The molecule has 1 aromatic rings. The lowest BCUT2D eigenvalue weighted by molar-refractivity contribution is -0.149. The predicted molar refractivity (Wildman–Crippen MR) is 68.5 cm³/mol. The van der Waals surface area contributed by atoms with E-state index in [2.05, 4.69) is 0 Å².